The molecule has 0 saturated heterocycles. The van der Waals surface area contributed by atoms with Crippen LogP contribution in [0.15, 0.2) is 0 Å². The molecule has 157 valence electrons. The van der Waals surface area contributed by atoms with Gasteiger partial charge in [-0.2, -0.15) is 0 Å². The van der Waals surface area contributed by atoms with Crippen molar-refractivity contribution in [3.63, 3.8) is 0 Å². The molecule has 6 nitrogen and oxygen atoms in total. The van der Waals surface area contributed by atoms with E-state index >= 15 is 0 Å². The summed E-state index contributed by atoms with van der Waals surface area (Å²) in [6.07, 6.45) is 8.94. The van der Waals surface area contributed by atoms with E-state index in [1.807, 2.05) is 0 Å². The fourth-order valence-electron chi connectivity index (χ4n) is 2.17. The van der Waals surface area contributed by atoms with Crippen molar-refractivity contribution in [2.75, 3.05) is 13.2 Å². The summed E-state index contributed by atoms with van der Waals surface area (Å²) in [5.41, 5.74) is 0. The molecule has 0 aromatic rings. The van der Waals surface area contributed by atoms with Gasteiger partial charge in [0.15, 0.2) is 0 Å². The van der Waals surface area contributed by atoms with Crippen molar-refractivity contribution in [1.29, 1.82) is 0 Å². The van der Waals surface area contributed by atoms with Crippen LogP contribution >= 0.6 is 16.5 Å². The van der Waals surface area contributed by atoms with Crippen LogP contribution in [0.25, 0.3) is 0 Å². The zero-order valence-corrected chi connectivity index (χ0v) is 19.1. The van der Waals surface area contributed by atoms with E-state index in [4.69, 9.17) is 18.8 Å². The normalized spacial score (nSPS) is 15.3. The summed E-state index contributed by atoms with van der Waals surface area (Å²) in [5, 5.41) is 0. The second-order valence-corrected chi connectivity index (χ2v) is 7.63. The van der Waals surface area contributed by atoms with Crippen molar-refractivity contribution in [3.05, 3.63) is 0 Å². The van der Waals surface area contributed by atoms with Gasteiger partial charge < -0.3 is 18.8 Å². The maximum absolute atomic E-state index is 10.3. The molecule has 2 N–H and O–H groups in total. The molecule has 0 bridgehead atoms. The van der Waals surface area contributed by atoms with Crippen LogP contribution in [0.4, 0.5) is 0 Å². The minimum absolute atomic E-state index is 0. The fraction of sp³-hybridized carbons (Fsp3) is 1.00. The van der Waals surface area contributed by atoms with Gasteiger partial charge in [-0.05, 0) is 24.7 Å². The van der Waals surface area contributed by atoms with Crippen LogP contribution in [0.2, 0.25) is 0 Å². The van der Waals surface area contributed by atoms with Crippen molar-refractivity contribution >= 4 is 16.5 Å². The molecule has 0 aromatic heterocycles. The summed E-state index contributed by atoms with van der Waals surface area (Å²) < 4.78 is 29.9. The molecule has 0 aromatic carbocycles. The van der Waals surface area contributed by atoms with Crippen LogP contribution in [-0.2, 0) is 35.0 Å². The Morgan fingerprint density at radius 3 is 1.28 bits per heavy atom. The maximum Gasteiger partial charge on any atom is 0.316 e. The Kier molecular flexibility index (Phi) is 27.9. The predicted molar refractivity (Wildman–Crippen MR) is 101 cm³/mol. The zero-order valence-electron chi connectivity index (χ0n) is 16.1. The minimum atomic E-state index is -2.71. The molecule has 0 heterocycles. The van der Waals surface area contributed by atoms with E-state index in [0.717, 1.165) is 25.7 Å². The van der Waals surface area contributed by atoms with Crippen molar-refractivity contribution in [1.82, 2.24) is 0 Å². The van der Waals surface area contributed by atoms with Gasteiger partial charge in [-0.3, -0.25) is 9.13 Å². The summed E-state index contributed by atoms with van der Waals surface area (Å²) in [4.78, 5) is 16.9. The predicted octanol–water partition coefficient (Wildman–Crippen LogP) is 5.20. The molecule has 0 spiro atoms. The molecular weight excluding hydrogens is 409 g/mol. The molecule has 1 radical (unpaired) electrons. The average molecular weight is 447 g/mol. The monoisotopic (exact) mass is 447 g/mol. The first-order valence-corrected chi connectivity index (χ1v) is 11.6. The van der Waals surface area contributed by atoms with Gasteiger partial charge in [-0.25, -0.2) is 0 Å². The van der Waals surface area contributed by atoms with E-state index in [1.165, 1.54) is 25.7 Å². The molecular formula is C16H38CoO6P2. The number of hydrogen-bond acceptors (Lipinski definition) is 4. The van der Waals surface area contributed by atoms with Gasteiger partial charge in [0.05, 0.1) is 13.2 Å². The van der Waals surface area contributed by atoms with Crippen LogP contribution in [0.5, 0.6) is 0 Å². The molecule has 0 aliphatic carbocycles. The third-order valence-corrected chi connectivity index (χ3v) is 4.80. The van der Waals surface area contributed by atoms with Crippen LogP contribution in [-0.4, -0.2) is 23.0 Å². The van der Waals surface area contributed by atoms with Gasteiger partial charge in [0.2, 0.25) is 0 Å². The third-order valence-electron chi connectivity index (χ3n) is 3.97. The average Bonchev–Trinajstić information content (AvgIpc) is 2.55. The van der Waals surface area contributed by atoms with E-state index in [-0.39, 0.29) is 16.8 Å². The van der Waals surface area contributed by atoms with E-state index in [9.17, 15) is 9.13 Å². The zero-order chi connectivity index (χ0) is 18.8. The van der Waals surface area contributed by atoms with Gasteiger partial charge in [0.1, 0.15) is 0 Å². The fourth-order valence-corrected chi connectivity index (χ4v) is 2.93. The molecule has 0 aliphatic heterocycles. The molecule has 25 heavy (non-hydrogen) atoms. The Labute approximate surface area is 165 Å². The maximum atomic E-state index is 10.3. The van der Waals surface area contributed by atoms with Gasteiger partial charge >= 0.3 is 16.5 Å². The second-order valence-electron chi connectivity index (χ2n) is 5.99. The topological polar surface area (TPSA) is 93.1 Å². The number of rotatable bonds is 14. The SMILES string of the molecule is CCCCC(CC)CO[PH](=O)O.CCCCC(CC)CO[PH](=O)O.[Co]. The van der Waals surface area contributed by atoms with Crippen LogP contribution < -0.4 is 0 Å². The largest absolute Gasteiger partial charge is 0.326 e. The summed E-state index contributed by atoms with van der Waals surface area (Å²) in [5.74, 6) is 0.900. The Morgan fingerprint density at radius 2 is 1.08 bits per heavy atom. The number of hydrogen-bond donors (Lipinski definition) is 2. The Hall–Kier alpha value is 0.806. The first kappa shape index (κ1) is 30.5. The summed E-state index contributed by atoms with van der Waals surface area (Å²) in [6.45, 7) is 9.32. The molecule has 0 aliphatic rings. The minimum Gasteiger partial charge on any atom is -0.326 e. The van der Waals surface area contributed by atoms with Gasteiger partial charge in [0.25, 0.3) is 0 Å². The molecule has 9 heteroatoms. The standard InChI is InChI=1S/2C8H19O3P.Co/c2*1-3-5-6-8(4-2)7-11-12(9)10;/h2*8,12H,3-7H2,1-2H3,(H,9,10);. The molecule has 0 amide bonds. The van der Waals surface area contributed by atoms with Crippen LogP contribution in [0, 0.1) is 11.8 Å². The van der Waals surface area contributed by atoms with Crippen LogP contribution in [0.3, 0.4) is 0 Å². The second kappa shape index (κ2) is 22.8. The summed E-state index contributed by atoms with van der Waals surface area (Å²) >= 11 is 0. The smallest absolute Gasteiger partial charge is 0.316 e. The third kappa shape index (κ3) is 24.8. The quantitative estimate of drug-likeness (QED) is 0.356. The Morgan fingerprint density at radius 1 is 0.760 bits per heavy atom. The summed E-state index contributed by atoms with van der Waals surface area (Å²) in [7, 11) is -5.43. The van der Waals surface area contributed by atoms with Gasteiger partial charge in [-0.1, -0.05) is 66.2 Å². The molecule has 4 atom stereocenters. The van der Waals surface area contributed by atoms with E-state index in [2.05, 4.69) is 27.7 Å². The van der Waals surface area contributed by atoms with E-state index in [0.29, 0.717) is 25.0 Å². The van der Waals surface area contributed by atoms with Gasteiger partial charge in [0, 0.05) is 16.8 Å². The van der Waals surface area contributed by atoms with Crippen molar-refractivity contribution in [2.45, 2.75) is 79.1 Å². The van der Waals surface area contributed by atoms with E-state index in [1.54, 1.807) is 0 Å². The summed E-state index contributed by atoms with van der Waals surface area (Å²) in [6, 6.07) is 0. The first-order valence-electron chi connectivity index (χ1n) is 9.12. The van der Waals surface area contributed by atoms with Crippen molar-refractivity contribution in [2.24, 2.45) is 11.8 Å². The van der Waals surface area contributed by atoms with E-state index < -0.39 is 16.5 Å². The van der Waals surface area contributed by atoms with Crippen LogP contribution in [0.1, 0.15) is 79.1 Å². The molecule has 0 fully saturated rings. The number of unbranched alkanes of at least 4 members (excludes halogenated alkanes) is 2. The molecule has 0 saturated carbocycles. The van der Waals surface area contributed by atoms with Gasteiger partial charge in [-0.15, -0.1) is 0 Å². The van der Waals surface area contributed by atoms with Crippen molar-refractivity contribution < 1.29 is 44.7 Å². The Balaban J connectivity index is -0.000000372. The van der Waals surface area contributed by atoms with Crippen molar-refractivity contribution in [3.8, 4) is 0 Å². The Bertz CT molecular complexity index is 291. The first-order chi connectivity index (χ1) is 11.4. The molecule has 0 rings (SSSR count). The molecule has 4 unspecified atom stereocenters.